The largest absolute Gasteiger partial charge is 0.433 e. The van der Waals surface area contributed by atoms with E-state index in [-0.39, 0.29) is 16.8 Å². The molecule has 1 aromatic carbocycles. The molecule has 0 saturated carbocycles. The monoisotopic (exact) mass is 312 g/mol. The van der Waals surface area contributed by atoms with Crippen LogP contribution in [0.5, 0.6) is 0 Å². The number of nitrogens with zero attached hydrogens (tertiary/aromatic N) is 1. The molecule has 0 aliphatic carbocycles. The average Bonchev–Trinajstić information content (AvgIpc) is 2.61. The summed E-state index contributed by atoms with van der Waals surface area (Å²) in [5, 5.41) is 0. The Kier molecular flexibility index (Phi) is 2.76. The van der Waals surface area contributed by atoms with Gasteiger partial charge in [-0.3, -0.25) is 0 Å². The van der Waals surface area contributed by atoms with Gasteiger partial charge in [-0.2, -0.15) is 8.78 Å². The number of aromatic nitrogens is 1. The fraction of sp³-hybridized carbons (Fsp3) is 0.222. The molecule has 0 radical (unpaired) electrons. The summed E-state index contributed by atoms with van der Waals surface area (Å²) in [6.45, 7) is 0. The van der Waals surface area contributed by atoms with E-state index < -0.39 is 18.2 Å². The molecular formula is C9H5BrF4N2O. The van der Waals surface area contributed by atoms with Gasteiger partial charge >= 0.3 is 12.3 Å². The Balaban J connectivity index is 2.63. The van der Waals surface area contributed by atoms with Crippen molar-refractivity contribution in [3.8, 4) is 0 Å². The Morgan fingerprint density at radius 3 is 2.59 bits per heavy atom. The van der Waals surface area contributed by atoms with Gasteiger partial charge in [0.1, 0.15) is 5.52 Å². The lowest BCUT2D eigenvalue weighted by Crippen LogP contribution is -2.23. The van der Waals surface area contributed by atoms with E-state index in [9.17, 15) is 17.6 Å². The summed E-state index contributed by atoms with van der Waals surface area (Å²) in [4.78, 5) is 3.32. The quantitative estimate of drug-likeness (QED) is 0.681. The molecule has 92 valence electrons. The minimum atomic E-state index is -4.43. The van der Waals surface area contributed by atoms with Crippen LogP contribution < -0.4 is 5.73 Å². The summed E-state index contributed by atoms with van der Waals surface area (Å²) in [5.74, 6) is -5.77. The summed E-state index contributed by atoms with van der Waals surface area (Å²) < 4.78 is 55.3. The molecule has 17 heavy (non-hydrogen) atoms. The summed E-state index contributed by atoms with van der Waals surface area (Å²) in [6.07, 6.45) is -3.89. The van der Waals surface area contributed by atoms with Crippen LogP contribution in [0.2, 0.25) is 0 Å². The van der Waals surface area contributed by atoms with E-state index in [0.717, 1.165) is 0 Å². The van der Waals surface area contributed by atoms with Crippen LogP contribution in [0.1, 0.15) is 5.89 Å². The van der Waals surface area contributed by atoms with Crippen molar-refractivity contribution in [1.82, 2.24) is 4.98 Å². The highest BCUT2D eigenvalue weighted by Gasteiger charge is 2.48. The third-order valence-corrected chi connectivity index (χ3v) is 2.50. The van der Waals surface area contributed by atoms with E-state index in [2.05, 4.69) is 25.3 Å². The minimum Gasteiger partial charge on any atom is -0.433 e. The van der Waals surface area contributed by atoms with Crippen LogP contribution in [0.4, 0.5) is 23.2 Å². The molecule has 8 heteroatoms. The fourth-order valence-electron chi connectivity index (χ4n) is 1.26. The zero-order chi connectivity index (χ0) is 12.8. The predicted octanol–water partition coefficient (Wildman–Crippen LogP) is 3.53. The van der Waals surface area contributed by atoms with Crippen LogP contribution in [0, 0.1) is 0 Å². The first-order valence-electron chi connectivity index (χ1n) is 4.34. The van der Waals surface area contributed by atoms with E-state index >= 15 is 0 Å². The Morgan fingerprint density at radius 2 is 2.00 bits per heavy atom. The molecule has 0 atom stereocenters. The molecule has 1 heterocycles. The number of nitrogen functional groups attached to an aromatic ring is 1. The smallest absolute Gasteiger partial charge is 0.381 e. The number of hydrogen-bond acceptors (Lipinski definition) is 3. The van der Waals surface area contributed by atoms with Gasteiger partial charge in [0.2, 0.25) is 0 Å². The summed E-state index contributed by atoms with van der Waals surface area (Å²) in [7, 11) is 0. The van der Waals surface area contributed by atoms with Gasteiger partial charge in [-0.15, -0.1) is 0 Å². The van der Waals surface area contributed by atoms with Crippen LogP contribution in [0.3, 0.4) is 0 Å². The molecule has 0 aliphatic heterocycles. The second kappa shape index (κ2) is 3.86. The van der Waals surface area contributed by atoms with E-state index in [0.29, 0.717) is 4.47 Å². The summed E-state index contributed by atoms with van der Waals surface area (Å²) >= 11 is 3.07. The van der Waals surface area contributed by atoms with Crippen molar-refractivity contribution in [2.75, 3.05) is 5.73 Å². The molecule has 0 fully saturated rings. The molecule has 0 saturated heterocycles. The molecule has 0 unspecified atom stereocenters. The standard InChI is InChI=1S/C9H5BrF4N2O/c10-3-1-4(15)6-5(2-3)16-8(17-6)9(13,14)7(11)12/h1-2,7H,15H2. The van der Waals surface area contributed by atoms with Gasteiger partial charge in [0, 0.05) is 4.47 Å². The molecule has 0 aliphatic rings. The zero-order valence-electron chi connectivity index (χ0n) is 8.05. The van der Waals surface area contributed by atoms with Crippen molar-refractivity contribution in [3.05, 3.63) is 22.5 Å². The van der Waals surface area contributed by atoms with Gasteiger partial charge in [0.15, 0.2) is 5.58 Å². The zero-order valence-corrected chi connectivity index (χ0v) is 9.64. The number of hydrogen-bond donors (Lipinski definition) is 1. The van der Waals surface area contributed by atoms with Crippen molar-refractivity contribution in [3.63, 3.8) is 0 Å². The Hall–Kier alpha value is -1.31. The topological polar surface area (TPSA) is 52.0 Å². The maximum absolute atomic E-state index is 13.0. The van der Waals surface area contributed by atoms with Gasteiger partial charge in [-0.25, -0.2) is 13.8 Å². The maximum atomic E-state index is 13.0. The molecule has 3 nitrogen and oxygen atoms in total. The first-order valence-corrected chi connectivity index (χ1v) is 5.13. The summed E-state index contributed by atoms with van der Waals surface area (Å²) in [5.41, 5.74) is 5.39. The first-order chi connectivity index (χ1) is 7.82. The number of nitrogens with two attached hydrogens (primary N) is 1. The highest BCUT2D eigenvalue weighted by molar-refractivity contribution is 9.10. The van der Waals surface area contributed by atoms with E-state index in [1.165, 1.54) is 12.1 Å². The lowest BCUT2D eigenvalue weighted by molar-refractivity contribution is -0.150. The van der Waals surface area contributed by atoms with Gasteiger partial charge in [0.05, 0.1) is 5.69 Å². The summed E-state index contributed by atoms with van der Waals surface area (Å²) in [6, 6.07) is 2.75. The normalized spacial score (nSPS) is 12.6. The van der Waals surface area contributed by atoms with Gasteiger partial charge in [0.25, 0.3) is 5.89 Å². The maximum Gasteiger partial charge on any atom is 0.381 e. The van der Waals surface area contributed by atoms with Crippen LogP contribution in [0.15, 0.2) is 21.0 Å². The average molecular weight is 313 g/mol. The second-order valence-corrected chi connectivity index (χ2v) is 4.20. The van der Waals surface area contributed by atoms with Crippen molar-refractivity contribution in [2.24, 2.45) is 0 Å². The number of halogens is 5. The molecule has 0 spiro atoms. The molecular weight excluding hydrogens is 308 g/mol. The van der Waals surface area contributed by atoms with Gasteiger partial charge < -0.3 is 10.2 Å². The fourth-order valence-corrected chi connectivity index (χ4v) is 1.72. The molecule has 2 aromatic rings. The van der Waals surface area contributed by atoms with Crippen LogP contribution in [-0.2, 0) is 5.92 Å². The van der Waals surface area contributed by atoms with Crippen LogP contribution in [-0.4, -0.2) is 11.4 Å². The van der Waals surface area contributed by atoms with Crippen molar-refractivity contribution < 1.29 is 22.0 Å². The molecule has 0 bridgehead atoms. The number of benzene rings is 1. The Bertz CT molecular complexity index is 569. The Labute approximate surface area is 101 Å². The number of oxazole rings is 1. The number of fused-ring (bicyclic) bond motifs is 1. The molecule has 2 N–H and O–H groups in total. The SMILES string of the molecule is Nc1cc(Br)cc2nc(C(F)(F)C(F)F)oc12. The lowest BCUT2D eigenvalue weighted by Gasteiger charge is -2.09. The van der Waals surface area contributed by atoms with Crippen LogP contribution >= 0.6 is 15.9 Å². The first kappa shape index (κ1) is 12.2. The lowest BCUT2D eigenvalue weighted by atomic mass is 10.3. The van der Waals surface area contributed by atoms with Crippen LogP contribution in [0.25, 0.3) is 11.1 Å². The predicted molar refractivity (Wildman–Crippen MR) is 56.0 cm³/mol. The molecule has 2 rings (SSSR count). The second-order valence-electron chi connectivity index (χ2n) is 3.29. The third kappa shape index (κ3) is 1.97. The highest BCUT2D eigenvalue weighted by atomic mass is 79.9. The van der Waals surface area contributed by atoms with Crippen molar-refractivity contribution in [2.45, 2.75) is 12.3 Å². The van der Waals surface area contributed by atoms with E-state index in [1.54, 1.807) is 0 Å². The number of alkyl halides is 4. The number of anilines is 1. The third-order valence-electron chi connectivity index (χ3n) is 2.04. The van der Waals surface area contributed by atoms with E-state index in [4.69, 9.17) is 5.73 Å². The van der Waals surface area contributed by atoms with Crippen molar-refractivity contribution in [1.29, 1.82) is 0 Å². The Morgan fingerprint density at radius 1 is 1.35 bits per heavy atom. The van der Waals surface area contributed by atoms with Crippen molar-refractivity contribution >= 4 is 32.7 Å². The highest BCUT2D eigenvalue weighted by Crippen LogP contribution is 2.37. The van der Waals surface area contributed by atoms with E-state index in [1.807, 2.05) is 0 Å². The molecule has 1 aromatic heterocycles. The minimum absolute atomic E-state index is 0.00722. The molecule has 0 amide bonds. The number of rotatable bonds is 2. The van der Waals surface area contributed by atoms with Gasteiger partial charge in [-0.1, -0.05) is 15.9 Å². The van der Waals surface area contributed by atoms with Gasteiger partial charge in [-0.05, 0) is 12.1 Å².